The Labute approximate surface area is 336 Å². The second kappa shape index (κ2) is 17.4. The zero-order valence-corrected chi connectivity index (χ0v) is 33.3. The number of nitrogens with one attached hydrogen (secondary N) is 1. The number of morpholine rings is 2. The number of hydrogen-bond acceptors (Lipinski definition) is 13. The van der Waals surface area contributed by atoms with Gasteiger partial charge in [0, 0.05) is 73.2 Å². The number of aromatic nitrogens is 10. The first-order valence-corrected chi connectivity index (χ1v) is 19.5. The van der Waals surface area contributed by atoms with Crippen LogP contribution >= 0.6 is 11.6 Å². The van der Waals surface area contributed by atoms with Crippen molar-refractivity contribution in [1.82, 2.24) is 59.5 Å². The first-order valence-electron chi connectivity index (χ1n) is 19.2. The van der Waals surface area contributed by atoms with Gasteiger partial charge in [-0.05, 0) is 68.0 Å². The molecule has 7 aromatic heterocycles. The van der Waals surface area contributed by atoms with Crippen molar-refractivity contribution in [3.63, 3.8) is 0 Å². The van der Waals surface area contributed by atoms with E-state index in [4.69, 9.17) is 26.1 Å². The summed E-state index contributed by atoms with van der Waals surface area (Å²) in [6.07, 6.45) is 13.6. The molecule has 1 N–H and O–H groups in total. The van der Waals surface area contributed by atoms with Crippen molar-refractivity contribution >= 4 is 45.3 Å². The number of hydrogen-bond donors (Lipinski definition) is 1. The predicted molar refractivity (Wildman–Crippen MR) is 220 cm³/mol. The van der Waals surface area contributed by atoms with Gasteiger partial charge in [-0.2, -0.15) is 15.3 Å². The molecule has 2 atom stereocenters. The SMILES string of the molecule is CC(C)c1cnnc(Nc2ccc3ncc(-c4cnn(CC5CN(C)CCO5)c4)cc3n2)c1.CN1CCOC(Cn2cc(-c3cnc4ccc(Cl)nc4c3)cn2)C1. The highest BCUT2D eigenvalue weighted by Crippen LogP contribution is 2.25. The standard InChI is InChI=1S/C24H28N8O.C17H18ClN5O/c1-16(2)17-9-24(30-26-11-17)29-23-5-4-21-22(28-23)8-18(10-25-21)19-12-27-32(13-19)15-20-14-31(3)6-7-33-20;1-22-4-5-24-14(10-22)11-23-9-13(8-20-23)12-6-16-15(19-7-12)2-3-17(18)21-16/h4-5,8-13,16,20H,6-7,14-15H2,1-3H3,(H,28,29,30);2-3,6-9,14H,4-5,10-11H2,1H3. The van der Waals surface area contributed by atoms with E-state index in [1.54, 1.807) is 12.3 Å². The molecule has 0 radical (unpaired) electrons. The third-order valence-electron chi connectivity index (χ3n) is 10.0. The minimum Gasteiger partial charge on any atom is -0.374 e. The molecule has 15 nitrogen and oxygen atoms in total. The van der Waals surface area contributed by atoms with Gasteiger partial charge in [0.2, 0.25) is 0 Å². The minimum absolute atomic E-state index is 0.152. The summed E-state index contributed by atoms with van der Waals surface area (Å²) in [4.78, 5) is 22.7. The summed E-state index contributed by atoms with van der Waals surface area (Å²) >= 11 is 5.97. The molecule has 2 saturated heterocycles. The predicted octanol–water partition coefficient (Wildman–Crippen LogP) is 5.96. The maximum atomic E-state index is 5.97. The molecule has 0 amide bonds. The molecule has 16 heteroatoms. The summed E-state index contributed by atoms with van der Waals surface area (Å²) in [5.74, 6) is 1.75. The zero-order chi connectivity index (χ0) is 39.3. The highest BCUT2D eigenvalue weighted by atomic mass is 35.5. The maximum Gasteiger partial charge on any atom is 0.154 e. The van der Waals surface area contributed by atoms with Crippen LogP contribution in [-0.2, 0) is 22.6 Å². The van der Waals surface area contributed by atoms with Crippen LogP contribution in [0.2, 0.25) is 5.15 Å². The Kier molecular flexibility index (Phi) is 11.7. The van der Waals surface area contributed by atoms with Gasteiger partial charge in [0.1, 0.15) is 11.0 Å². The molecule has 9 heterocycles. The van der Waals surface area contributed by atoms with E-state index < -0.39 is 0 Å². The largest absolute Gasteiger partial charge is 0.374 e. The molecule has 2 aliphatic heterocycles. The van der Waals surface area contributed by atoms with Crippen LogP contribution in [0.3, 0.4) is 0 Å². The average molecular weight is 788 g/mol. The third-order valence-corrected chi connectivity index (χ3v) is 10.2. The fraction of sp³-hybridized carbons (Fsp3) is 0.366. The van der Waals surface area contributed by atoms with Crippen molar-refractivity contribution in [2.45, 2.75) is 45.1 Å². The van der Waals surface area contributed by atoms with Gasteiger partial charge in [-0.1, -0.05) is 25.4 Å². The van der Waals surface area contributed by atoms with Gasteiger partial charge in [0.15, 0.2) is 5.82 Å². The molecule has 0 spiro atoms. The van der Waals surface area contributed by atoms with E-state index in [2.05, 4.69) is 78.4 Å². The molecule has 0 aliphatic carbocycles. The van der Waals surface area contributed by atoms with Gasteiger partial charge in [-0.3, -0.25) is 19.3 Å². The summed E-state index contributed by atoms with van der Waals surface area (Å²) in [7, 11) is 4.23. The summed E-state index contributed by atoms with van der Waals surface area (Å²) < 4.78 is 15.5. The second-order valence-electron chi connectivity index (χ2n) is 14.9. The van der Waals surface area contributed by atoms with Crippen LogP contribution in [0.5, 0.6) is 0 Å². The Bertz CT molecular complexity index is 2450. The topological polar surface area (TPSA) is 150 Å². The van der Waals surface area contributed by atoms with E-state index in [-0.39, 0.29) is 12.2 Å². The summed E-state index contributed by atoms with van der Waals surface area (Å²) in [5, 5.41) is 21.0. The minimum atomic E-state index is 0.152. The smallest absolute Gasteiger partial charge is 0.154 e. The first-order chi connectivity index (χ1) is 27.7. The fourth-order valence-corrected chi connectivity index (χ4v) is 7.01. The molecule has 7 aromatic rings. The van der Waals surface area contributed by atoms with Gasteiger partial charge in [0.05, 0.1) is 79.2 Å². The van der Waals surface area contributed by atoms with Gasteiger partial charge >= 0.3 is 0 Å². The van der Waals surface area contributed by atoms with Crippen LogP contribution in [0.1, 0.15) is 25.3 Å². The normalized spacial score (nSPS) is 17.9. The molecule has 0 saturated carbocycles. The lowest BCUT2D eigenvalue weighted by molar-refractivity contribution is -0.0291. The van der Waals surface area contributed by atoms with Gasteiger partial charge in [-0.25, -0.2) is 9.97 Å². The number of rotatable bonds is 9. The summed E-state index contributed by atoms with van der Waals surface area (Å²) in [6.45, 7) is 11.1. The number of ether oxygens (including phenoxy) is 2. The van der Waals surface area contributed by atoms with E-state index in [0.29, 0.717) is 22.7 Å². The molecule has 294 valence electrons. The highest BCUT2D eigenvalue weighted by Gasteiger charge is 2.20. The molecule has 0 aromatic carbocycles. The van der Waals surface area contributed by atoms with E-state index in [1.165, 1.54) is 0 Å². The Morgan fingerprint density at radius 1 is 0.684 bits per heavy atom. The molecule has 9 rings (SSSR count). The number of fused-ring (bicyclic) bond motifs is 2. The maximum absolute atomic E-state index is 5.97. The van der Waals surface area contributed by atoms with Crippen LogP contribution in [0.4, 0.5) is 11.6 Å². The Balaban J connectivity index is 0.000000168. The molecule has 2 aliphatic rings. The van der Waals surface area contributed by atoms with Crippen molar-refractivity contribution in [1.29, 1.82) is 0 Å². The molecule has 57 heavy (non-hydrogen) atoms. The number of pyridine rings is 4. The average Bonchev–Trinajstić information content (AvgIpc) is 3.88. The monoisotopic (exact) mass is 787 g/mol. The van der Waals surface area contributed by atoms with Crippen molar-refractivity contribution in [2.75, 3.05) is 58.8 Å². The van der Waals surface area contributed by atoms with Gasteiger partial charge < -0.3 is 24.6 Å². The van der Waals surface area contributed by atoms with Crippen molar-refractivity contribution in [3.8, 4) is 22.3 Å². The van der Waals surface area contributed by atoms with Crippen LogP contribution < -0.4 is 5.32 Å². The van der Waals surface area contributed by atoms with E-state index in [9.17, 15) is 0 Å². The molecule has 0 bridgehead atoms. The molecule has 2 fully saturated rings. The Morgan fingerprint density at radius 2 is 1.26 bits per heavy atom. The fourth-order valence-electron chi connectivity index (χ4n) is 6.86. The lowest BCUT2D eigenvalue weighted by Gasteiger charge is -2.29. The highest BCUT2D eigenvalue weighted by molar-refractivity contribution is 6.29. The van der Waals surface area contributed by atoms with Gasteiger partial charge in [0.25, 0.3) is 0 Å². The number of likely N-dealkylation sites (N-methyl/N-ethyl adjacent to an activating group) is 2. The van der Waals surface area contributed by atoms with Crippen LogP contribution in [-0.4, -0.2) is 125 Å². The molecule has 2 unspecified atom stereocenters. The lowest BCUT2D eigenvalue weighted by atomic mass is 10.1. The quantitative estimate of drug-likeness (QED) is 0.172. The molecular formula is C41H46ClN13O2. The van der Waals surface area contributed by atoms with Crippen molar-refractivity contribution in [3.05, 3.63) is 96.6 Å². The second-order valence-corrected chi connectivity index (χ2v) is 15.3. The van der Waals surface area contributed by atoms with Gasteiger partial charge in [-0.15, -0.1) is 5.10 Å². The number of nitrogens with zero attached hydrogens (tertiary/aromatic N) is 12. The lowest BCUT2D eigenvalue weighted by Crippen LogP contribution is -2.42. The van der Waals surface area contributed by atoms with Crippen LogP contribution in [0.25, 0.3) is 44.3 Å². The van der Waals surface area contributed by atoms with Crippen molar-refractivity contribution in [2.24, 2.45) is 0 Å². The van der Waals surface area contributed by atoms with E-state index >= 15 is 0 Å². The zero-order valence-electron chi connectivity index (χ0n) is 32.5. The van der Waals surface area contributed by atoms with Crippen LogP contribution in [0.15, 0.2) is 85.8 Å². The molecular weight excluding hydrogens is 742 g/mol. The Morgan fingerprint density at radius 3 is 1.84 bits per heavy atom. The van der Waals surface area contributed by atoms with Crippen LogP contribution in [0, 0.1) is 0 Å². The third kappa shape index (κ3) is 9.75. The van der Waals surface area contributed by atoms with E-state index in [1.807, 2.05) is 82.9 Å². The first kappa shape index (κ1) is 38.4. The van der Waals surface area contributed by atoms with Crippen molar-refractivity contribution < 1.29 is 9.47 Å². The summed E-state index contributed by atoms with van der Waals surface area (Å²) in [5.41, 5.74) is 8.33. The summed E-state index contributed by atoms with van der Waals surface area (Å²) in [6, 6.07) is 13.5. The Hall–Kier alpha value is -5.45. The number of anilines is 2. The number of halogens is 1. The van der Waals surface area contributed by atoms with E-state index in [0.717, 1.165) is 102 Å².